The molecule has 0 nitrogen and oxygen atoms in total. The van der Waals surface area contributed by atoms with E-state index in [1.54, 1.807) is 0 Å². The Morgan fingerprint density at radius 3 is 2.00 bits per heavy atom. The third kappa shape index (κ3) is 1.78. The quantitative estimate of drug-likeness (QED) is 0.526. The van der Waals surface area contributed by atoms with Crippen LogP contribution in [0.4, 0.5) is 0 Å². The van der Waals surface area contributed by atoms with Gasteiger partial charge in [-0.1, -0.05) is 0 Å². The Bertz CT molecular complexity index is 232. The molecule has 0 aromatic heterocycles. The molecule has 10 heavy (non-hydrogen) atoms. The number of thiol groups is 1. The molecule has 0 saturated carbocycles. The molecule has 0 atom stereocenters. The lowest BCUT2D eigenvalue weighted by atomic mass is 10.4. The number of rotatable bonds is 0. The number of halogens is 3. The van der Waals surface area contributed by atoms with Gasteiger partial charge in [-0.2, -0.15) is 0 Å². The summed E-state index contributed by atoms with van der Waals surface area (Å²) in [5.74, 6) is 0. The maximum Gasteiger partial charge on any atom is 0.0462 e. The molecule has 0 saturated heterocycles. The topological polar surface area (TPSA) is 0 Å². The molecule has 0 fully saturated rings. The molecule has 0 unspecified atom stereocenters. The van der Waals surface area contributed by atoms with Gasteiger partial charge in [-0.3, -0.25) is 0 Å². The first-order valence-electron chi connectivity index (χ1n) is 2.45. The van der Waals surface area contributed by atoms with Crippen molar-refractivity contribution in [3.05, 3.63) is 25.6 Å². The highest BCUT2D eigenvalue weighted by molar-refractivity contribution is 9.13. The molecule has 0 N–H and O–H groups in total. The lowest BCUT2D eigenvalue weighted by molar-refractivity contribution is 1.34. The van der Waals surface area contributed by atoms with Gasteiger partial charge >= 0.3 is 0 Å². The van der Waals surface area contributed by atoms with Gasteiger partial charge in [0.1, 0.15) is 0 Å². The molecule has 0 aliphatic carbocycles. The molecule has 0 aliphatic rings. The fourth-order valence-corrected chi connectivity index (χ4v) is 2.14. The van der Waals surface area contributed by atoms with E-state index < -0.39 is 0 Å². The molecule has 54 valence electrons. The van der Waals surface area contributed by atoms with Crippen LogP contribution in [0.3, 0.4) is 0 Å². The normalized spacial score (nSPS) is 10.0. The van der Waals surface area contributed by atoms with Crippen LogP contribution in [0.1, 0.15) is 0 Å². The summed E-state index contributed by atoms with van der Waals surface area (Å²) >= 11 is 14.4. The van der Waals surface area contributed by atoms with Crippen LogP contribution in [0.25, 0.3) is 0 Å². The number of hydrogen-bond acceptors (Lipinski definition) is 1. The largest absolute Gasteiger partial charge is 0.141 e. The van der Waals surface area contributed by atoms with E-state index in [1.165, 1.54) is 0 Å². The van der Waals surface area contributed by atoms with Gasteiger partial charge in [0.15, 0.2) is 0 Å². The first kappa shape index (κ1) is 9.10. The second-order valence-electron chi connectivity index (χ2n) is 1.69. The van der Waals surface area contributed by atoms with Gasteiger partial charge in [-0.25, -0.2) is 0 Å². The van der Waals surface area contributed by atoms with Gasteiger partial charge in [-0.15, -0.1) is 12.6 Å². The molecular weight excluding hydrogens is 344 g/mol. The Morgan fingerprint density at radius 1 is 1.00 bits per heavy atom. The minimum Gasteiger partial charge on any atom is -0.141 e. The van der Waals surface area contributed by atoms with E-state index in [9.17, 15) is 0 Å². The second kappa shape index (κ2) is 3.61. The molecule has 0 bridgehead atoms. The van der Waals surface area contributed by atoms with Crippen LogP contribution in [0.5, 0.6) is 0 Å². The average Bonchev–Trinajstić information content (AvgIpc) is 1.93. The van der Waals surface area contributed by atoms with Crippen molar-refractivity contribution < 1.29 is 0 Å². The van der Waals surface area contributed by atoms with Gasteiger partial charge in [0.05, 0.1) is 0 Å². The minimum atomic E-state index is 0.911. The summed E-state index contributed by atoms with van der Waals surface area (Å²) in [5.41, 5.74) is 0. The maximum atomic E-state index is 4.26. The smallest absolute Gasteiger partial charge is 0.0462 e. The van der Waals surface area contributed by atoms with Crippen LogP contribution in [-0.4, -0.2) is 0 Å². The van der Waals surface area contributed by atoms with Gasteiger partial charge in [-0.05, 0) is 59.9 Å². The summed E-state index contributed by atoms with van der Waals surface area (Å²) in [4.78, 5) is 0.911. The fraction of sp³-hybridized carbons (Fsp3) is 0. The molecule has 1 aromatic rings. The van der Waals surface area contributed by atoms with Gasteiger partial charge in [0, 0.05) is 18.3 Å². The van der Waals surface area contributed by atoms with Crippen molar-refractivity contribution in [1.82, 2.24) is 0 Å². The Balaban J connectivity index is 3.34. The zero-order chi connectivity index (χ0) is 7.72. The van der Waals surface area contributed by atoms with Crippen molar-refractivity contribution in [3.63, 3.8) is 0 Å². The van der Waals surface area contributed by atoms with Gasteiger partial charge < -0.3 is 0 Å². The van der Waals surface area contributed by atoms with Crippen LogP contribution in [0.15, 0.2) is 30.4 Å². The highest BCUT2D eigenvalue weighted by atomic mass is 79.9. The van der Waals surface area contributed by atoms with Crippen LogP contribution >= 0.6 is 60.4 Å². The summed E-state index contributed by atoms with van der Waals surface area (Å²) in [7, 11) is 0. The molecular formula is C6H3Br3S. The Morgan fingerprint density at radius 2 is 1.50 bits per heavy atom. The third-order valence-electron chi connectivity index (χ3n) is 1.02. The predicted molar refractivity (Wildman–Crippen MR) is 56.8 cm³/mol. The van der Waals surface area contributed by atoms with E-state index in [-0.39, 0.29) is 0 Å². The molecule has 0 aliphatic heterocycles. The van der Waals surface area contributed by atoms with Crippen LogP contribution in [-0.2, 0) is 0 Å². The van der Waals surface area contributed by atoms with Crippen molar-refractivity contribution in [2.24, 2.45) is 0 Å². The number of benzene rings is 1. The predicted octanol–water partition coefficient (Wildman–Crippen LogP) is 4.26. The standard InChI is InChI=1S/C6H3Br3S/c7-3-1-2-4(8)6(10)5(3)9/h1-2,10H. The molecule has 0 heterocycles. The first-order valence-corrected chi connectivity index (χ1v) is 5.28. The third-order valence-corrected chi connectivity index (χ3v) is 4.77. The number of hydrogen-bond donors (Lipinski definition) is 1. The molecule has 0 radical (unpaired) electrons. The van der Waals surface area contributed by atoms with Gasteiger partial charge in [0.2, 0.25) is 0 Å². The lowest BCUT2D eigenvalue weighted by Gasteiger charge is -2.00. The summed E-state index contributed by atoms with van der Waals surface area (Å²) in [6, 6.07) is 3.89. The fourth-order valence-electron chi connectivity index (χ4n) is 0.516. The van der Waals surface area contributed by atoms with Crippen LogP contribution in [0, 0.1) is 0 Å². The van der Waals surface area contributed by atoms with E-state index >= 15 is 0 Å². The minimum absolute atomic E-state index is 0.911. The monoisotopic (exact) mass is 344 g/mol. The molecule has 1 aromatic carbocycles. The Labute approximate surface area is 90.2 Å². The average molecular weight is 347 g/mol. The van der Waals surface area contributed by atoms with Crippen LogP contribution in [0.2, 0.25) is 0 Å². The lowest BCUT2D eigenvalue weighted by Crippen LogP contribution is -1.74. The van der Waals surface area contributed by atoms with Crippen molar-refractivity contribution in [2.75, 3.05) is 0 Å². The Kier molecular flexibility index (Phi) is 3.28. The first-order chi connectivity index (χ1) is 4.63. The Hall–Kier alpha value is 1.01. The second-order valence-corrected chi connectivity index (χ2v) is 4.64. The van der Waals surface area contributed by atoms with Crippen molar-refractivity contribution in [1.29, 1.82) is 0 Å². The molecule has 0 spiro atoms. The summed E-state index contributed by atoms with van der Waals surface area (Å²) in [6.45, 7) is 0. The highest BCUT2D eigenvalue weighted by Crippen LogP contribution is 2.34. The van der Waals surface area contributed by atoms with Gasteiger partial charge in [0.25, 0.3) is 0 Å². The molecule has 4 heteroatoms. The van der Waals surface area contributed by atoms with Crippen LogP contribution < -0.4 is 0 Å². The van der Waals surface area contributed by atoms with E-state index in [1.807, 2.05) is 12.1 Å². The summed E-state index contributed by atoms with van der Waals surface area (Å²) in [5, 5.41) is 0. The van der Waals surface area contributed by atoms with Crippen molar-refractivity contribution >= 4 is 60.4 Å². The van der Waals surface area contributed by atoms with E-state index in [0.29, 0.717) is 0 Å². The zero-order valence-corrected chi connectivity index (χ0v) is 10.4. The van der Waals surface area contributed by atoms with E-state index in [0.717, 1.165) is 18.3 Å². The summed E-state index contributed by atoms with van der Waals surface area (Å²) < 4.78 is 2.98. The summed E-state index contributed by atoms with van der Waals surface area (Å²) in [6.07, 6.45) is 0. The zero-order valence-electron chi connectivity index (χ0n) is 4.74. The maximum absolute atomic E-state index is 4.26. The van der Waals surface area contributed by atoms with Crippen molar-refractivity contribution in [2.45, 2.75) is 4.90 Å². The molecule has 0 amide bonds. The SMILES string of the molecule is Sc1c(Br)ccc(Br)c1Br. The highest BCUT2D eigenvalue weighted by Gasteiger charge is 2.02. The molecule has 1 rings (SSSR count). The van der Waals surface area contributed by atoms with Crippen molar-refractivity contribution in [3.8, 4) is 0 Å². The van der Waals surface area contributed by atoms with E-state index in [4.69, 9.17) is 0 Å². The van der Waals surface area contributed by atoms with E-state index in [2.05, 4.69) is 60.4 Å².